The number of halogens is 2. The summed E-state index contributed by atoms with van der Waals surface area (Å²) in [6, 6.07) is 9.04. The molecule has 0 saturated carbocycles. The Kier molecular flexibility index (Phi) is 6.07. The maximum atomic E-state index is 13.7. The largest absolute Gasteiger partial charge is 0.346 e. The van der Waals surface area contributed by atoms with Crippen molar-refractivity contribution in [3.8, 4) is 17.3 Å². The van der Waals surface area contributed by atoms with Gasteiger partial charge in [0.2, 0.25) is 0 Å². The van der Waals surface area contributed by atoms with E-state index in [1.807, 2.05) is 28.0 Å². The minimum atomic E-state index is -0.399. The molecule has 1 N–H and O–H groups in total. The van der Waals surface area contributed by atoms with Gasteiger partial charge in [-0.25, -0.2) is 14.4 Å². The summed E-state index contributed by atoms with van der Waals surface area (Å²) in [4.78, 5) is 29.8. The molecule has 0 unspecified atom stereocenters. The van der Waals surface area contributed by atoms with Gasteiger partial charge in [0.1, 0.15) is 28.2 Å². The van der Waals surface area contributed by atoms with Gasteiger partial charge in [0.05, 0.1) is 29.4 Å². The molecule has 0 radical (unpaired) electrons. The molecule has 0 aliphatic carbocycles. The van der Waals surface area contributed by atoms with Crippen LogP contribution in [0.5, 0.6) is 0 Å². The summed E-state index contributed by atoms with van der Waals surface area (Å²) in [5.74, 6) is -0.441. The van der Waals surface area contributed by atoms with E-state index in [-0.39, 0.29) is 11.7 Å². The van der Waals surface area contributed by atoms with Crippen molar-refractivity contribution in [3.63, 3.8) is 0 Å². The number of hydrogen-bond donors (Lipinski definition) is 1. The zero-order chi connectivity index (χ0) is 27.4. The average molecular weight is 575 g/mol. The fraction of sp³-hybridized carbons (Fsp3) is 0.321. The number of H-pyrrole nitrogens is 1. The number of thiophene rings is 1. The van der Waals surface area contributed by atoms with Crippen LogP contribution >= 0.6 is 22.9 Å². The Morgan fingerprint density at radius 1 is 1.23 bits per heavy atom. The minimum absolute atomic E-state index is 0.0992. The fourth-order valence-corrected chi connectivity index (χ4v) is 7.52. The summed E-state index contributed by atoms with van der Waals surface area (Å²) < 4.78 is 16.3. The highest BCUT2D eigenvalue weighted by Crippen LogP contribution is 2.39. The summed E-state index contributed by atoms with van der Waals surface area (Å²) in [7, 11) is 0. The van der Waals surface area contributed by atoms with Gasteiger partial charge < -0.3 is 9.88 Å². The Balaban J connectivity index is 1.03. The van der Waals surface area contributed by atoms with Gasteiger partial charge in [-0.15, -0.1) is 11.3 Å². The number of nitrogens with zero attached hydrogens (tertiary/aromatic N) is 7. The third kappa shape index (κ3) is 4.06. The molecule has 6 heterocycles. The molecule has 1 amide bonds. The first kappa shape index (κ1) is 25.1. The van der Waals surface area contributed by atoms with Gasteiger partial charge in [-0.1, -0.05) is 11.6 Å². The van der Waals surface area contributed by atoms with Crippen molar-refractivity contribution in [2.75, 3.05) is 26.2 Å². The van der Waals surface area contributed by atoms with Crippen LogP contribution in [0.1, 0.15) is 28.9 Å². The van der Waals surface area contributed by atoms with E-state index in [4.69, 9.17) is 11.6 Å². The normalized spacial score (nSPS) is 17.8. The van der Waals surface area contributed by atoms with Crippen LogP contribution in [0.2, 0.25) is 5.02 Å². The number of piperidine rings is 1. The maximum Gasteiger partial charge on any atom is 0.265 e. The molecule has 40 heavy (non-hydrogen) atoms. The van der Waals surface area contributed by atoms with Crippen molar-refractivity contribution >= 4 is 50.0 Å². The number of aromatic nitrogens is 5. The van der Waals surface area contributed by atoms with Crippen molar-refractivity contribution in [3.05, 3.63) is 64.9 Å². The molecular weight excluding hydrogens is 551 g/mol. The van der Waals surface area contributed by atoms with E-state index in [2.05, 4.69) is 31.0 Å². The summed E-state index contributed by atoms with van der Waals surface area (Å²) in [6.45, 7) is 2.68. The van der Waals surface area contributed by atoms with Crippen LogP contribution in [-0.4, -0.2) is 72.7 Å². The standard InChI is InChI=1S/C28H24ClFN8OS/c29-23-20-2-1-18(30)11-22(20)40-25(23)27(39)36-9-4-19(5-10-36)37-14-28(15-37,6-7-31)38-13-17(12-35-38)24-21-3-8-32-26(21)34-16-33-24/h1-3,8,11-13,16,19H,4-6,9-10,14-15H2,(H,32,33,34). The second kappa shape index (κ2) is 9.66. The SMILES string of the molecule is N#CCC1(n2cc(-c3ncnc4[nH]ccc34)cn2)CN(C2CCN(C(=O)c3sc4cc(F)ccc4c3Cl)CC2)C1. The van der Waals surface area contributed by atoms with E-state index in [0.29, 0.717) is 45.5 Å². The van der Waals surface area contributed by atoms with Crippen molar-refractivity contribution < 1.29 is 9.18 Å². The number of aromatic amines is 1. The minimum Gasteiger partial charge on any atom is -0.346 e. The lowest BCUT2D eigenvalue weighted by Crippen LogP contribution is -2.66. The van der Waals surface area contributed by atoms with Crippen molar-refractivity contribution in [2.24, 2.45) is 0 Å². The summed E-state index contributed by atoms with van der Waals surface area (Å²) in [5, 5.41) is 16.3. The third-order valence-corrected chi connectivity index (χ3v) is 9.80. The van der Waals surface area contributed by atoms with Gasteiger partial charge in [-0.2, -0.15) is 10.4 Å². The quantitative estimate of drug-likeness (QED) is 0.314. The van der Waals surface area contributed by atoms with E-state index >= 15 is 0 Å². The first-order chi connectivity index (χ1) is 19.5. The van der Waals surface area contributed by atoms with E-state index in [0.717, 1.165) is 48.2 Å². The van der Waals surface area contributed by atoms with Crippen LogP contribution in [-0.2, 0) is 5.54 Å². The average Bonchev–Trinajstić information content (AvgIpc) is 3.69. The number of carbonyl (C=O) groups is 1. The number of rotatable bonds is 5. The summed E-state index contributed by atoms with van der Waals surface area (Å²) in [5.41, 5.74) is 2.07. The Morgan fingerprint density at radius 2 is 2.05 bits per heavy atom. The van der Waals surface area contributed by atoms with E-state index < -0.39 is 5.54 Å². The zero-order valence-electron chi connectivity index (χ0n) is 21.3. The van der Waals surface area contributed by atoms with Crippen LogP contribution in [0.4, 0.5) is 4.39 Å². The second-order valence-electron chi connectivity index (χ2n) is 10.5. The van der Waals surface area contributed by atoms with Gasteiger partial charge >= 0.3 is 0 Å². The highest BCUT2D eigenvalue weighted by atomic mass is 35.5. The lowest BCUT2D eigenvalue weighted by atomic mass is 9.84. The van der Waals surface area contributed by atoms with Crippen molar-refractivity contribution in [1.82, 2.24) is 34.5 Å². The molecule has 1 aromatic carbocycles. The molecule has 2 fully saturated rings. The highest BCUT2D eigenvalue weighted by Gasteiger charge is 2.48. The molecule has 202 valence electrons. The third-order valence-electron chi connectivity index (χ3n) is 8.15. The van der Waals surface area contributed by atoms with Gasteiger partial charge in [0, 0.05) is 65.7 Å². The smallest absolute Gasteiger partial charge is 0.265 e. The Morgan fingerprint density at radius 3 is 2.85 bits per heavy atom. The molecule has 7 rings (SSSR count). The number of amides is 1. The van der Waals surface area contributed by atoms with Gasteiger partial charge in [-0.05, 0) is 37.1 Å². The predicted octanol–water partition coefficient (Wildman–Crippen LogP) is 5.06. The van der Waals surface area contributed by atoms with Crippen molar-refractivity contribution in [1.29, 1.82) is 5.26 Å². The molecule has 0 bridgehead atoms. The Hall–Kier alpha value is -3.85. The number of likely N-dealkylation sites (tertiary alicyclic amines) is 2. The van der Waals surface area contributed by atoms with Crippen molar-refractivity contribution in [2.45, 2.75) is 30.8 Å². The van der Waals surface area contributed by atoms with Gasteiger partial charge in [0.15, 0.2) is 0 Å². The maximum absolute atomic E-state index is 13.7. The molecule has 4 aromatic heterocycles. The lowest BCUT2D eigenvalue weighted by molar-refractivity contribution is -0.0412. The van der Waals surface area contributed by atoms with Crippen LogP contribution in [0.3, 0.4) is 0 Å². The van der Waals surface area contributed by atoms with Gasteiger partial charge in [0.25, 0.3) is 5.91 Å². The van der Waals surface area contributed by atoms with Crippen LogP contribution in [0, 0.1) is 17.1 Å². The number of carbonyl (C=O) groups excluding carboxylic acids is 1. The number of fused-ring (bicyclic) bond motifs is 2. The van der Waals surface area contributed by atoms with E-state index in [9.17, 15) is 14.4 Å². The molecule has 12 heteroatoms. The topological polar surface area (TPSA) is 107 Å². The molecule has 0 spiro atoms. The summed E-state index contributed by atoms with van der Waals surface area (Å²) >= 11 is 7.75. The Bertz CT molecular complexity index is 1790. The molecule has 2 aliphatic rings. The van der Waals surface area contributed by atoms with Gasteiger partial charge in [-0.3, -0.25) is 14.4 Å². The lowest BCUT2D eigenvalue weighted by Gasteiger charge is -2.53. The van der Waals surface area contributed by atoms with E-state index in [1.54, 1.807) is 12.3 Å². The monoisotopic (exact) mass is 574 g/mol. The second-order valence-corrected chi connectivity index (χ2v) is 11.9. The summed E-state index contributed by atoms with van der Waals surface area (Å²) in [6.07, 6.45) is 9.18. The molecule has 2 saturated heterocycles. The van der Waals surface area contributed by atoms with Crippen LogP contribution < -0.4 is 0 Å². The molecule has 5 aromatic rings. The zero-order valence-corrected chi connectivity index (χ0v) is 22.9. The predicted molar refractivity (Wildman–Crippen MR) is 151 cm³/mol. The number of hydrogen-bond acceptors (Lipinski definition) is 7. The Labute approximate surface area is 237 Å². The number of nitriles is 1. The van der Waals surface area contributed by atoms with E-state index in [1.165, 1.54) is 29.8 Å². The van der Waals surface area contributed by atoms with Crippen LogP contribution in [0.15, 0.2) is 49.2 Å². The molecule has 0 atom stereocenters. The number of benzene rings is 1. The van der Waals surface area contributed by atoms with Crippen LogP contribution in [0.25, 0.3) is 32.4 Å². The number of nitrogens with one attached hydrogen (secondary N) is 1. The molecular formula is C28H24ClFN8OS. The molecule has 2 aliphatic heterocycles. The first-order valence-electron chi connectivity index (χ1n) is 13.1. The highest BCUT2D eigenvalue weighted by molar-refractivity contribution is 7.21. The fourth-order valence-electron chi connectivity index (χ4n) is 6.01. The molecule has 9 nitrogen and oxygen atoms in total. The first-order valence-corrected chi connectivity index (χ1v) is 14.3.